The molecular formula is C22H22N4O4. The Labute approximate surface area is 173 Å². The molecule has 1 N–H and O–H groups in total. The third-order valence-electron chi connectivity index (χ3n) is 4.83. The van der Waals surface area contributed by atoms with Crippen LogP contribution in [-0.4, -0.2) is 40.0 Å². The van der Waals surface area contributed by atoms with Crippen LogP contribution in [0.15, 0.2) is 65.2 Å². The first-order valence-electron chi connectivity index (χ1n) is 9.76. The number of rotatable bonds is 8. The summed E-state index contributed by atoms with van der Waals surface area (Å²) in [6, 6.07) is 19.0. The number of aromatic nitrogens is 2. The number of nitrogens with zero attached hydrogens (tertiary/aromatic N) is 3. The average molecular weight is 406 g/mol. The summed E-state index contributed by atoms with van der Waals surface area (Å²) in [5, 5.41) is 6.68. The van der Waals surface area contributed by atoms with Gasteiger partial charge in [0, 0.05) is 25.4 Å². The van der Waals surface area contributed by atoms with Gasteiger partial charge in [-0.1, -0.05) is 53.7 Å². The number of carbonyl (C=O) groups excluding carboxylic acids is 2. The molecule has 1 saturated heterocycles. The molecule has 1 aliphatic rings. The lowest BCUT2D eigenvalue weighted by molar-refractivity contribution is -0.128. The molecule has 1 fully saturated rings. The van der Waals surface area contributed by atoms with E-state index < -0.39 is 0 Å². The summed E-state index contributed by atoms with van der Waals surface area (Å²) < 4.78 is 10.6. The van der Waals surface area contributed by atoms with Crippen molar-refractivity contribution in [1.82, 2.24) is 20.4 Å². The highest BCUT2D eigenvalue weighted by molar-refractivity contribution is 5.79. The minimum absolute atomic E-state index is 0.0709. The van der Waals surface area contributed by atoms with E-state index in [1.807, 2.05) is 48.5 Å². The van der Waals surface area contributed by atoms with Gasteiger partial charge in [-0.15, -0.1) is 0 Å². The van der Waals surface area contributed by atoms with Gasteiger partial charge < -0.3 is 19.5 Å². The van der Waals surface area contributed by atoms with Crippen molar-refractivity contribution in [1.29, 1.82) is 0 Å². The summed E-state index contributed by atoms with van der Waals surface area (Å²) in [4.78, 5) is 30.4. The highest BCUT2D eigenvalue weighted by Gasteiger charge is 2.33. The first-order chi connectivity index (χ1) is 14.7. The van der Waals surface area contributed by atoms with Crippen molar-refractivity contribution in [3.05, 3.63) is 77.9 Å². The van der Waals surface area contributed by atoms with E-state index in [4.69, 9.17) is 9.26 Å². The van der Waals surface area contributed by atoms with Crippen molar-refractivity contribution in [2.75, 3.05) is 13.2 Å². The van der Waals surface area contributed by atoms with Crippen molar-refractivity contribution in [2.45, 2.75) is 25.4 Å². The molecule has 2 amide bonds. The molecule has 8 heteroatoms. The zero-order valence-corrected chi connectivity index (χ0v) is 16.4. The van der Waals surface area contributed by atoms with Crippen molar-refractivity contribution in [3.63, 3.8) is 0 Å². The summed E-state index contributed by atoms with van der Waals surface area (Å²) in [6.45, 7) is 1.12. The first-order valence-corrected chi connectivity index (χ1v) is 9.76. The second-order valence-electron chi connectivity index (χ2n) is 7.09. The van der Waals surface area contributed by atoms with Crippen LogP contribution in [0.3, 0.4) is 0 Å². The number of nitrogens with one attached hydrogen (secondary N) is 1. The Morgan fingerprint density at radius 2 is 1.87 bits per heavy atom. The number of hydrogen-bond donors (Lipinski definition) is 1. The molecule has 0 saturated carbocycles. The smallest absolute Gasteiger partial charge is 0.258 e. The molecule has 0 radical (unpaired) electrons. The number of carbonyl (C=O) groups is 2. The fourth-order valence-corrected chi connectivity index (χ4v) is 3.30. The lowest BCUT2D eigenvalue weighted by Gasteiger charge is -2.15. The van der Waals surface area contributed by atoms with Gasteiger partial charge in [0.2, 0.25) is 11.8 Å². The Morgan fingerprint density at radius 3 is 2.63 bits per heavy atom. The minimum atomic E-state index is -0.288. The van der Waals surface area contributed by atoms with Crippen LogP contribution in [0, 0.1) is 0 Å². The molecule has 30 heavy (non-hydrogen) atoms. The molecule has 3 aromatic rings. The zero-order valence-electron chi connectivity index (χ0n) is 16.4. The maximum Gasteiger partial charge on any atom is 0.258 e. The van der Waals surface area contributed by atoms with E-state index in [1.54, 1.807) is 17.0 Å². The predicted molar refractivity (Wildman–Crippen MR) is 107 cm³/mol. The van der Waals surface area contributed by atoms with E-state index in [-0.39, 0.29) is 30.9 Å². The maximum atomic E-state index is 12.3. The highest BCUT2D eigenvalue weighted by atomic mass is 16.5. The van der Waals surface area contributed by atoms with Crippen molar-refractivity contribution in [2.24, 2.45) is 0 Å². The van der Waals surface area contributed by atoms with Crippen molar-refractivity contribution >= 4 is 11.8 Å². The third kappa shape index (κ3) is 5.02. The van der Waals surface area contributed by atoms with Crippen LogP contribution in [0.25, 0.3) is 0 Å². The monoisotopic (exact) mass is 406 g/mol. The van der Waals surface area contributed by atoms with E-state index >= 15 is 0 Å². The van der Waals surface area contributed by atoms with Gasteiger partial charge in [0.25, 0.3) is 5.91 Å². The van der Waals surface area contributed by atoms with E-state index in [9.17, 15) is 9.59 Å². The summed E-state index contributed by atoms with van der Waals surface area (Å²) in [5.74, 6) is 1.08. The van der Waals surface area contributed by atoms with Gasteiger partial charge in [-0.25, -0.2) is 0 Å². The molecule has 0 bridgehead atoms. The van der Waals surface area contributed by atoms with Crippen LogP contribution in [0.1, 0.15) is 29.6 Å². The first kappa shape index (κ1) is 19.6. The lowest BCUT2D eigenvalue weighted by atomic mass is 10.1. The Hall–Kier alpha value is -3.68. The fraction of sp³-hybridized carbons (Fsp3) is 0.273. The maximum absolute atomic E-state index is 12.3. The van der Waals surface area contributed by atoms with E-state index in [2.05, 4.69) is 15.5 Å². The Morgan fingerprint density at radius 1 is 1.13 bits per heavy atom. The van der Waals surface area contributed by atoms with Crippen LogP contribution in [0.5, 0.6) is 5.75 Å². The van der Waals surface area contributed by atoms with E-state index in [1.165, 1.54) is 0 Å². The van der Waals surface area contributed by atoms with Gasteiger partial charge in [0.05, 0.1) is 6.54 Å². The number of likely N-dealkylation sites (tertiary alicyclic amines) is 1. The third-order valence-corrected chi connectivity index (χ3v) is 4.83. The van der Waals surface area contributed by atoms with Crippen LogP contribution < -0.4 is 10.1 Å². The number of para-hydroxylation sites is 1. The average Bonchev–Trinajstić information content (AvgIpc) is 3.39. The Balaban J connectivity index is 1.26. The quantitative estimate of drug-likeness (QED) is 0.616. The molecule has 4 rings (SSSR count). The van der Waals surface area contributed by atoms with Gasteiger partial charge in [0.15, 0.2) is 12.4 Å². The molecule has 2 heterocycles. The van der Waals surface area contributed by atoms with Crippen molar-refractivity contribution in [3.8, 4) is 5.75 Å². The number of amides is 2. The summed E-state index contributed by atoms with van der Waals surface area (Å²) in [5.41, 5.74) is 1.08. The molecule has 2 aromatic carbocycles. The zero-order chi connectivity index (χ0) is 20.8. The molecule has 0 aliphatic carbocycles. The summed E-state index contributed by atoms with van der Waals surface area (Å²) in [7, 11) is 0. The van der Waals surface area contributed by atoms with Crippen LogP contribution >= 0.6 is 0 Å². The molecule has 0 unspecified atom stereocenters. The summed E-state index contributed by atoms with van der Waals surface area (Å²) in [6.07, 6.45) is 0.350. The molecule has 8 nitrogen and oxygen atoms in total. The molecule has 0 spiro atoms. The Bertz CT molecular complexity index is 991. The van der Waals surface area contributed by atoms with Gasteiger partial charge in [-0.05, 0) is 17.7 Å². The minimum Gasteiger partial charge on any atom is -0.484 e. The van der Waals surface area contributed by atoms with Gasteiger partial charge in [0.1, 0.15) is 5.75 Å². The SMILES string of the molecule is O=C(COc1ccccc1)NCc1nc([C@@H]2CC(=O)N(Cc3ccccc3)C2)no1. The highest BCUT2D eigenvalue weighted by Crippen LogP contribution is 2.27. The number of ether oxygens (including phenoxy) is 1. The lowest BCUT2D eigenvalue weighted by Crippen LogP contribution is -2.28. The van der Waals surface area contributed by atoms with E-state index in [0.717, 1.165) is 5.56 Å². The molecule has 1 atom stereocenters. The van der Waals surface area contributed by atoms with E-state index in [0.29, 0.717) is 37.0 Å². The van der Waals surface area contributed by atoms with Crippen molar-refractivity contribution < 1.29 is 18.8 Å². The molecule has 154 valence electrons. The molecule has 1 aromatic heterocycles. The van der Waals surface area contributed by atoms with Gasteiger partial charge in [-0.2, -0.15) is 4.98 Å². The Kier molecular flexibility index (Phi) is 6.03. The second-order valence-corrected chi connectivity index (χ2v) is 7.09. The predicted octanol–water partition coefficient (Wildman–Crippen LogP) is 2.28. The van der Waals surface area contributed by atoms with Gasteiger partial charge >= 0.3 is 0 Å². The van der Waals surface area contributed by atoms with Crippen LogP contribution in [0.4, 0.5) is 0 Å². The molecular weight excluding hydrogens is 384 g/mol. The second kappa shape index (κ2) is 9.21. The van der Waals surface area contributed by atoms with Crippen LogP contribution in [-0.2, 0) is 22.7 Å². The molecule has 1 aliphatic heterocycles. The summed E-state index contributed by atoms with van der Waals surface area (Å²) >= 11 is 0. The van der Waals surface area contributed by atoms with Crippen LogP contribution in [0.2, 0.25) is 0 Å². The topological polar surface area (TPSA) is 97.6 Å². The largest absolute Gasteiger partial charge is 0.484 e. The number of hydrogen-bond acceptors (Lipinski definition) is 6. The number of benzene rings is 2. The fourth-order valence-electron chi connectivity index (χ4n) is 3.30. The van der Waals surface area contributed by atoms with Gasteiger partial charge in [-0.3, -0.25) is 9.59 Å². The standard InChI is InChI=1S/C22H22N4O4/c27-19(15-29-18-9-5-2-6-10-18)23-12-20-24-22(25-30-20)17-11-21(28)26(14-17)13-16-7-3-1-4-8-16/h1-10,17H,11-15H2,(H,23,27)/t17-/m1/s1. The normalized spacial score (nSPS) is 15.9.